The predicted octanol–water partition coefficient (Wildman–Crippen LogP) is 3.43. The summed E-state index contributed by atoms with van der Waals surface area (Å²) in [6.07, 6.45) is 0. The molecule has 1 aliphatic heterocycles. The van der Waals surface area contributed by atoms with E-state index >= 15 is 0 Å². The summed E-state index contributed by atoms with van der Waals surface area (Å²) in [5.74, 6) is 0.818. The highest BCUT2D eigenvalue weighted by atomic mass is 35.5. The van der Waals surface area contributed by atoms with E-state index in [2.05, 4.69) is 46.7 Å². The molecule has 0 bridgehead atoms. The van der Waals surface area contributed by atoms with Gasteiger partial charge in [0.05, 0.1) is 19.8 Å². The number of rotatable bonds is 7. The number of nitrogens with zero attached hydrogens (tertiary/aromatic N) is 2. The van der Waals surface area contributed by atoms with Crippen molar-refractivity contribution in [3.05, 3.63) is 70.2 Å². The lowest BCUT2D eigenvalue weighted by Gasteiger charge is -2.27. The largest absolute Gasteiger partial charge is 0.379 e. The molecule has 1 heterocycles. The normalized spacial score (nSPS) is 15.4. The Morgan fingerprint density at radius 3 is 2.46 bits per heavy atom. The summed E-state index contributed by atoms with van der Waals surface area (Å²) < 4.78 is 5.46. The zero-order chi connectivity index (χ0) is 19.6. The van der Waals surface area contributed by atoms with Gasteiger partial charge in [-0.05, 0) is 35.7 Å². The van der Waals surface area contributed by atoms with Crippen molar-refractivity contribution >= 4 is 17.6 Å². The van der Waals surface area contributed by atoms with E-state index in [0.717, 1.165) is 62.5 Å². The molecule has 0 radical (unpaired) electrons. The van der Waals surface area contributed by atoms with Crippen molar-refractivity contribution in [1.29, 1.82) is 0 Å². The summed E-state index contributed by atoms with van der Waals surface area (Å²) in [5.41, 5.74) is 3.78. The van der Waals surface area contributed by atoms with Crippen LogP contribution in [0.4, 0.5) is 0 Å². The Balaban J connectivity index is 1.61. The van der Waals surface area contributed by atoms with Crippen molar-refractivity contribution < 1.29 is 4.74 Å². The molecule has 2 N–H and O–H groups in total. The van der Waals surface area contributed by atoms with Crippen molar-refractivity contribution in [3.8, 4) is 0 Å². The average Bonchev–Trinajstić information content (AvgIpc) is 2.73. The summed E-state index contributed by atoms with van der Waals surface area (Å²) in [7, 11) is 0. The first-order chi connectivity index (χ1) is 13.7. The molecule has 2 aromatic carbocycles. The lowest BCUT2D eigenvalue weighted by Crippen LogP contribution is -2.38. The molecule has 6 heteroatoms. The zero-order valence-corrected chi connectivity index (χ0v) is 17.2. The molecule has 150 valence electrons. The van der Waals surface area contributed by atoms with Gasteiger partial charge in [-0.25, -0.2) is 4.99 Å². The molecule has 0 aliphatic carbocycles. The first-order valence-electron chi connectivity index (χ1n) is 9.88. The molecule has 0 saturated carbocycles. The predicted molar refractivity (Wildman–Crippen MR) is 116 cm³/mol. The summed E-state index contributed by atoms with van der Waals surface area (Å²) in [4.78, 5) is 7.14. The van der Waals surface area contributed by atoms with Crippen molar-refractivity contribution in [3.63, 3.8) is 0 Å². The fourth-order valence-electron chi connectivity index (χ4n) is 3.17. The Hall–Kier alpha value is -2.08. The number of nitrogens with one attached hydrogen (secondary N) is 2. The number of hydrogen-bond acceptors (Lipinski definition) is 3. The molecule has 1 saturated heterocycles. The average molecular weight is 401 g/mol. The number of benzene rings is 2. The molecule has 0 amide bonds. The van der Waals surface area contributed by atoms with Gasteiger partial charge in [-0.15, -0.1) is 0 Å². The fraction of sp³-hybridized carbons (Fsp3) is 0.409. The minimum atomic E-state index is 0.613. The third kappa shape index (κ3) is 6.51. The quantitative estimate of drug-likeness (QED) is 0.552. The summed E-state index contributed by atoms with van der Waals surface area (Å²) in [5, 5.41) is 7.53. The number of morpholine rings is 1. The number of aliphatic imine (C=N–C) groups is 1. The number of guanidine groups is 1. The maximum absolute atomic E-state index is 5.96. The topological polar surface area (TPSA) is 48.9 Å². The number of ether oxygens (including phenoxy) is 1. The minimum absolute atomic E-state index is 0.613. The second kappa shape index (κ2) is 11.1. The van der Waals surface area contributed by atoms with E-state index in [1.165, 1.54) is 11.1 Å². The van der Waals surface area contributed by atoms with Gasteiger partial charge in [0.25, 0.3) is 0 Å². The van der Waals surface area contributed by atoms with Gasteiger partial charge in [0.1, 0.15) is 0 Å². The van der Waals surface area contributed by atoms with Crippen LogP contribution in [0.15, 0.2) is 53.5 Å². The van der Waals surface area contributed by atoms with Gasteiger partial charge in [0.2, 0.25) is 0 Å². The molecule has 28 heavy (non-hydrogen) atoms. The molecule has 0 spiro atoms. The second-order valence-electron chi connectivity index (χ2n) is 6.83. The maximum atomic E-state index is 5.96. The smallest absolute Gasteiger partial charge is 0.191 e. The summed E-state index contributed by atoms with van der Waals surface area (Å²) in [6.45, 7) is 8.84. The van der Waals surface area contributed by atoms with Gasteiger partial charge >= 0.3 is 0 Å². The van der Waals surface area contributed by atoms with Crippen molar-refractivity contribution in [2.75, 3.05) is 32.8 Å². The van der Waals surface area contributed by atoms with Crippen LogP contribution < -0.4 is 10.6 Å². The second-order valence-corrected chi connectivity index (χ2v) is 7.27. The van der Waals surface area contributed by atoms with Crippen LogP contribution in [0.1, 0.15) is 23.6 Å². The highest BCUT2D eigenvalue weighted by Gasteiger charge is 2.12. The van der Waals surface area contributed by atoms with E-state index in [1.54, 1.807) is 0 Å². The molecule has 2 aromatic rings. The van der Waals surface area contributed by atoms with Crippen LogP contribution in [-0.2, 0) is 24.4 Å². The Bertz CT molecular complexity index is 757. The van der Waals surface area contributed by atoms with Gasteiger partial charge < -0.3 is 15.4 Å². The molecule has 0 unspecified atom stereocenters. The standard InChI is InChI=1S/C22H29ClN4O/c1-2-24-22(25-15-18-7-9-21(23)10-8-18)26-16-19-5-3-4-6-20(19)17-27-11-13-28-14-12-27/h3-10H,2,11-17H2,1H3,(H2,24,25,26). The third-order valence-electron chi connectivity index (χ3n) is 4.74. The van der Waals surface area contributed by atoms with Gasteiger partial charge in [0, 0.05) is 37.7 Å². The van der Waals surface area contributed by atoms with Crippen LogP contribution in [0.25, 0.3) is 0 Å². The number of halogens is 1. The minimum Gasteiger partial charge on any atom is -0.379 e. The monoisotopic (exact) mass is 400 g/mol. The van der Waals surface area contributed by atoms with Gasteiger partial charge in [-0.2, -0.15) is 0 Å². The van der Waals surface area contributed by atoms with E-state index in [1.807, 2.05) is 24.3 Å². The van der Waals surface area contributed by atoms with Gasteiger partial charge in [-0.1, -0.05) is 48.0 Å². The van der Waals surface area contributed by atoms with Gasteiger partial charge in [-0.3, -0.25) is 4.90 Å². The third-order valence-corrected chi connectivity index (χ3v) is 4.99. The van der Waals surface area contributed by atoms with Crippen molar-refractivity contribution in [2.45, 2.75) is 26.6 Å². The fourth-order valence-corrected chi connectivity index (χ4v) is 3.29. The van der Waals surface area contributed by atoms with Crippen LogP contribution >= 0.6 is 11.6 Å². The molecule has 1 aliphatic rings. The SMILES string of the molecule is CCNC(=NCc1ccc(Cl)cc1)NCc1ccccc1CN1CCOCC1. The zero-order valence-electron chi connectivity index (χ0n) is 16.5. The van der Waals surface area contributed by atoms with Crippen LogP contribution in [0.5, 0.6) is 0 Å². The van der Waals surface area contributed by atoms with Crippen molar-refractivity contribution in [2.24, 2.45) is 4.99 Å². The number of hydrogen-bond donors (Lipinski definition) is 2. The maximum Gasteiger partial charge on any atom is 0.191 e. The first-order valence-corrected chi connectivity index (χ1v) is 10.3. The molecule has 0 aromatic heterocycles. The van der Waals surface area contributed by atoms with Crippen molar-refractivity contribution in [1.82, 2.24) is 15.5 Å². The molecule has 1 fully saturated rings. The Morgan fingerprint density at radius 2 is 1.75 bits per heavy atom. The van der Waals surface area contributed by atoms with E-state index in [-0.39, 0.29) is 0 Å². The molecule has 3 rings (SSSR count). The van der Waals surface area contributed by atoms with E-state index in [0.29, 0.717) is 6.54 Å². The lowest BCUT2D eigenvalue weighted by atomic mass is 10.1. The molecular weight excluding hydrogens is 372 g/mol. The van der Waals surface area contributed by atoms with Crippen LogP contribution in [0, 0.1) is 0 Å². The highest BCUT2D eigenvalue weighted by molar-refractivity contribution is 6.30. The Labute approximate surface area is 172 Å². The summed E-state index contributed by atoms with van der Waals surface area (Å²) in [6, 6.07) is 16.4. The first kappa shape index (κ1) is 20.6. The van der Waals surface area contributed by atoms with Gasteiger partial charge in [0.15, 0.2) is 5.96 Å². The van der Waals surface area contributed by atoms with E-state index in [9.17, 15) is 0 Å². The molecular formula is C22H29ClN4O. The Kier molecular flexibility index (Phi) is 8.15. The van der Waals surface area contributed by atoms with E-state index < -0.39 is 0 Å². The van der Waals surface area contributed by atoms with Crippen LogP contribution in [0.2, 0.25) is 5.02 Å². The summed E-state index contributed by atoms with van der Waals surface area (Å²) >= 11 is 5.96. The van der Waals surface area contributed by atoms with E-state index in [4.69, 9.17) is 21.3 Å². The van der Waals surface area contributed by atoms with Crippen LogP contribution in [-0.4, -0.2) is 43.7 Å². The lowest BCUT2D eigenvalue weighted by molar-refractivity contribution is 0.0341. The van der Waals surface area contributed by atoms with Crippen LogP contribution in [0.3, 0.4) is 0 Å². The molecule has 5 nitrogen and oxygen atoms in total. The Morgan fingerprint density at radius 1 is 1.04 bits per heavy atom. The molecule has 0 atom stereocenters. The highest BCUT2D eigenvalue weighted by Crippen LogP contribution is 2.13.